The van der Waals surface area contributed by atoms with E-state index in [0.29, 0.717) is 18.4 Å². The van der Waals surface area contributed by atoms with Crippen LogP contribution in [0.1, 0.15) is 39.8 Å². The molecule has 1 heterocycles. The van der Waals surface area contributed by atoms with Crippen LogP contribution in [-0.4, -0.2) is 35.1 Å². The van der Waals surface area contributed by atoms with Crippen LogP contribution in [0.5, 0.6) is 0 Å². The van der Waals surface area contributed by atoms with Crippen LogP contribution in [0.25, 0.3) is 0 Å². The van der Waals surface area contributed by atoms with Gasteiger partial charge in [-0.1, -0.05) is 0 Å². The zero-order chi connectivity index (χ0) is 13.7. The molecule has 1 aromatic rings. The van der Waals surface area contributed by atoms with Gasteiger partial charge in [-0.2, -0.15) is 0 Å². The van der Waals surface area contributed by atoms with Crippen LogP contribution >= 0.6 is 0 Å². The largest absolute Gasteiger partial charge is 0.393 e. The second-order valence-corrected chi connectivity index (χ2v) is 4.02. The monoisotopic (exact) mass is 251 g/mol. The molecule has 0 saturated heterocycles. The fourth-order valence-electron chi connectivity index (χ4n) is 1.64. The van der Waals surface area contributed by atoms with Gasteiger partial charge in [0.15, 0.2) is 0 Å². The molecular formula is C12H17N3O3. The number of aromatic nitrogens is 1. The van der Waals surface area contributed by atoms with E-state index in [-0.39, 0.29) is 17.2 Å². The van der Waals surface area contributed by atoms with Gasteiger partial charge in [0.1, 0.15) is 5.69 Å². The number of hydrogen-bond acceptors (Lipinski definition) is 4. The summed E-state index contributed by atoms with van der Waals surface area (Å²) in [6.07, 6.45) is 1.64. The van der Waals surface area contributed by atoms with Crippen molar-refractivity contribution >= 4 is 11.8 Å². The number of aliphatic hydroxyl groups excluding tert-OH is 1. The van der Waals surface area contributed by atoms with Gasteiger partial charge in [-0.15, -0.1) is 0 Å². The van der Waals surface area contributed by atoms with E-state index in [1.807, 2.05) is 0 Å². The first-order valence-corrected chi connectivity index (χ1v) is 5.65. The summed E-state index contributed by atoms with van der Waals surface area (Å²) in [6, 6.07) is 1.48. The van der Waals surface area contributed by atoms with E-state index < -0.39 is 12.0 Å². The number of carbonyl (C=O) groups excluding carboxylic acids is 2. The molecule has 1 atom stereocenters. The van der Waals surface area contributed by atoms with Crippen molar-refractivity contribution in [1.29, 1.82) is 0 Å². The lowest BCUT2D eigenvalue weighted by atomic mass is 9.99. The number of primary amides is 1. The maximum Gasteiger partial charge on any atom is 0.269 e. The molecule has 18 heavy (non-hydrogen) atoms. The quantitative estimate of drug-likeness (QED) is 0.677. The third-order valence-electron chi connectivity index (χ3n) is 2.58. The Balaban J connectivity index is 3.20. The van der Waals surface area contributed by atoms with Crippen molar-refractivity contribution in [3.05, 3.63) is 29.1 Å². The third-order valence-corrected chi connectivity index (χ3v) is 2.58. The van der Waals surface area contributed by atoms with E-state index >= 15 is 0 Å². The molecule has 6 nitrogen and oxygen atoms in total. The Labute approximate surface area is 105 Å². The Morgan fingerprint density at radius 1 is 1.56 bits per heavy atom. The lowest BCUT2D eigenvalue weighted by Crippen LogP contribution is -2.24. The number of hydrogen-bond donors (Lipinski definition) is 3. The molecular weight excluding hydrogens is 234 g/mol. The van der Waals surface area contributed by atoms with Crippen molar-refractivity contribution in [2.45, 2.75) is 25.9 Å². The van der Waals surface area contributed by atoms with Gasteiger partial charge < -0.3 is 16.2 Å². The van der Waals surface area contributed by atoms with Crippen LogP contribution in [0.15, 0.2) is 12.3 Å². The minimum absolute atomic E-state index is 0.175. The number of amides is 2. The van der Waals surface area contributed by atoms with Crippen molar-refractivity contribution in [2.75, 3.05) is 7.05 Å². The Morgan fingerprint density at radius 3 is 2.72 bits per heavy atom. The first-order valence-electron chi connectivity index (χ1n) is 5.65. The van der Waals surface area contributed by atoms with E-state index in [2.05, 4.69) is 10.3 Å². The van der Waals surface area contributed by atoms with Gasteiger partial charge in [-0.3, -0.25) is 14.6 Å². The van der Waals surface area contributed by atoms with Crippen LogP contribution in [0, 0.1) is 0 Å². The standard InChI is InChI=1S/C12H17N3O3/c1-7(16)3-4-8-9(11(13)17)5-6-15-10(8)12(18)14-2/h5-7,16H,3-4H2,1-2H3,(H2,13,17)(H,14,18). The molecule has 0 spiro atoms. The molecule has 6 heteroatoms. The summed E-state index contributed by atoms with van der Waals surface area (Å²) in [7, 11) is 1.49. The number of nitrogens with two attached hydrogens (primary N) is 1. The fraction of sp³-hybridized carbons (Fsp3) is 0.417. The highest BCUT2D eigenvalue weighted by molar-refractivity contribution is 6.00. The summed E-state index contributed by atoms with van der Waals surface area (Å²) in [5.74, 6) is -0.984. The van der Waals surface area contributed by atoms with Crippen LogP contribution < -0.4 is 11.1 Å². The Kier molecular flexibility index (Phi) is 4.79. The van der Waals surface area contributed by atoms with Crippen molar-refractivity contribution < 1.29 is 14.7 Å². The molecule has 1 unspecified atom stereocenters. The van der Waals surface area contributed by atoms with E-state index in [9.17, 15) is 14.7 Å². The zero-order valence-corrected chi connectivity index (χ0v) is 10.4. The second-order valence-electron chi connectivity index (χ2n) is 4.02. The number of nitrogens with zero attached hydrogens (tertiary/aromatic N) is 1. The van der Waals surface area contributed by atoms with E-state index in [0.717, 1.165) is 0 Å². The summed E-state index contributed by atoms with van der Waals surface area (Å²) >= 11 is 0. The van der Waals surface area contributed by atoms with Gasteiger partial charge in [0, 0.05) is 18.8 Å². The zero-order valence-electron chi connectivity index (χ0n) is 10.4. The number of rotatable bonds is 5. The number of pyridine rings is 1. The molecule has 0 aliphatic carbocycles. The molecule has 0 fully saturated rings. The summed E-state index contributed by atoms with van der Waals surface area (Å²) in [5, 5.41) is 11.8. The maximum absolute atomic E-state index is 11.7. The van der Waals surface area contributed by atoms with Crippen LogP contribution in [0.4, 0.5) is 0 Å². The highest BCUT2D eigenvalue weighted by Crippen LogP contribution is 2.15. The number of carbonyl (C=O) groups is 2. The SMILES string of the molecule is CNC(=O)c1nccc(C(N)=O)c1CCC(C)O. The summed E-state index contributed by atoms with van der Waals surface area (Å²) in [4.78, 5) is 27.0. The van der Waals surface area contributed by atoms with Gasteiger partial charge in [0.05, 0.1) is 6.10 Å². The van der Waals surface area contributed by atoms with E-state index in [1.54, 1.807) is 6.92 Å². The predicted molar refractivity (Wildman–Crippen MR) is 66.1 cm³/mol. The van der Waals surface area contributed by atoms with Crippen molar-refractivity contribution in [3.8, 4) is 0 Å². The average Bonchev–Trinajstić information content (AvgIpc) is 2.34. The van der Waals surface area contributed by atoms with E-state index in [1.165, 1.54) is 19.3 Å². The summed E-state index contributed by atoms with van der Waals surface area (Å²) in [6.45, 7) is 1.64. The lowest BCUT2D eigenvalue weighted by molar-refractivity contribution is 0.0956. The minimum Gasteiger partial charge on any atom is -0.393 e. The van der Waals surface area contributed by atoms with Gasteiger partial charge in [0.25, 0.3) is 5.91 Å². The minimum atomic E-state index is -0.608. The van der Waals surface area contributed by atoms with Crippen LogP contribution in [0.2, 0.25) is 0 Å². The summed E-state index contributed by atoms with van der Waals surface area (Å²) in [5.41, 5.74) is 6.19. The molecule has 0 bridgehead atoms. The Bertz CT molecular complexity index is 458. The smallest absolute Gasteiger partial charge is 0.269 e. The molecule has 0 radical (unpaired) electrons. The van der Waals surface area contributed by atoms with Gasteiger partial charge in [-0.25, -0.2) is 0 Å². The molecule has 98 valence electrons. The summed E-state index contributed by atoms with van der Waals surface area (Å²) < 4.78 is 0. The lowest BCUT2D eigenvalue weighted by Gasteiger charge is -2.12. The highest BCUT2D eigenvalue weighted by atomic mass is 16.3. The molecule has 0 aliphatic rings. The van der Waals surface area contributed by atoms with Crippen LogP contribution in [-0.2, 0) is 6.42 Å². The van der Waals surface area contributed by atoms with Crippen molar-refractivity contribution in [1.82, 2.24) is 10.3 Å². The van der Waals surface area contributed by atoms with Gasteiger partial charge >= 0.3 is 0 Å². The molecule has 4 N–H and O–H groups in total. The normalized spacial score (nSPS) is 11.9. The molecule has 1 rings (SSSR count). The molecule has 2 amide bonds. The van der Waals surface area contributed by atoms with Gasteiger partial charge in [-0.05, 0) is 31.4 Å². The topological polar surface area (TPSA) is 105 Å². The maximum atomic E-state index is 11.7. The van der Waals surface area contributed by atoms with Gasteiger partial charge in [0.2, 0.25) is 5.91 Å². The fourth-order valence-corrected chi connectivity index (χ4v) is 1.64. The Hall–Kier alpha value is -1.95. The highest BCUT2D eigenvalue weighted by Gasteiger charge is 2.18. The average molecular weight is 251 g/mol. The first kappa shape index (κ1) is 14.1. The number of nitrogens with one attached hydrogen (secondary N) is 1. The first-order chi connectivity index (χ1) is 8.47. The van der Waals surface area contributed by atoms with Crippen molar-refractivity contribution in [3.63, 3.8) is 0 Å². The Morgan fingerprint density at radius 2 is 2.22 bits per heavy atom. The van der Waals surface area contributed by atoms with Crippen LogP contribution in [0.3, 0.4) is 0 Å². The van der Waals surface area contributed by atoms with E-state index in [4.69, 9.17) is 5.73 Å². The molecule has 0 aromatic carbocycles. The van der Waals surface area contributed by atoms with Crippen molar-refractivity contribution in [2.24, 2.45) is 5.73 Å². The number of aliphatic hydroxyl groups is 1. The molecule has 1 aromatic heterocycles. The molecule has 0 saturated carbocycles. The second kappa shape index (κ2) is 6.11. The predicted octanol–water partition coefficient (Wildman–Crippen LogP) is -0.147. The molecule has 0 aliphatic heterocycles. The third kappa shape index (κ3) is 3.27.